The zero-order valence-electron chi connectivity index (χ0n) is 21.5. The summed E-state index contributed by atoms with van der Waals surface area (Å²) in [7, 11) is 0. The van der Waals surface area contributed by atoms with Gasteiger partial charge in [0.2, 0.25) is 5.91 Å². The standard InChI is InChI=1S/C27H25FN8O2S/c1-13(2)36-17(9-15-5-4-6-18(28)21(15)26(36)38)11-35-25-22(24(29)30-12-31-25)23(34-35)16-7-8-19-20(10-16)39-27(33-19)32-14(3)37/h5,7-10,12-13H,4,6,11H2,1-3H3,(H2,29,30,31)(H,32,33,37). The van der Waals surface area contributed by atoms with Gasteiger partial charge in [-0.3, -0.25) is 9.59 Å². The largest absolute Gasteiger partial charge is 0.383 e. The highest BCUT2D eigenvalue weighted by Crippen LogP contribution is 2.34. The molecule has 0 atom stereocenters. The van der Waals surface area contributed by atoms with Crippen molar-refractivity contribution in [1.29, 1.82) is 0 Å². The van der Waals surface area contributed by atoms with Crippen molar-refractivity contribution in [2.24, 2.45) is 0 Å². The van der Waals surface area contributed by atoms with E-state index >= 15 is 0 Å². The molecule has 10 nitrogen and oxygen atoms in total. The van der Waals surface area contributed by atoms with E-state index in [2.05, 4.69) is 20.3 Å². The Hall–Kier alpha value is -4.45. The van der Waals surface area contributed by atoms with Gasteiger partial charge in [-0.1, -0.05) is 23.5 Å². The summed E-state index contributed by atoms with van der Waals surface area (Å²) in [5.41, 5.74) is 9.28. The Balaban J connectivity index is 1.52. The third kappa shape index (κ3) is 4.26. The average molecular weight is 545 g/mol. The Kier molecular flexibility index (Phi) is 5.98. The summed E-state index contributed by atoms with van der Waals surface area (Å²) in [6, 6.07) is 7.35. The van der Waals surface area contributed by atoms with Crippen LogP contribution in [0.2, 0.25) is 0 Å². The normalized spacial score (nSPS) is 13.2. The number of rotatable bonds is 5. The molecule has 0 aliphatic heterocycles. The number of carbonyl (C=O) groups excluding carboxylic acids is 1. The number of thiazole rings is 1. The lowest BCUT2D eigenvalue weighted by molar-refractivity contribution is -0.114. The smallest absolute Gasteiger partial charge is 0.261 e. The summed E-state index contributed by atoms with van der Waals surface area (Å²) in [5.74, 6) is -0.281. The highest BCUT2D eigenvalue weighted by molar-refractivity contribution is 7.22. The number of halogens is 1. The molecule has 39 heavy (non-hydrogen) atoms. The summed E-state index contributed by atoms with van der Waals surface area (Å²) in [5, 5.41) is 9.45. The minimum atomic E-state index is -0.370. The van der Waals surface area contributed by atoms with E-state index in [0.29, 0.717) is 39.2 Å². The molecular formula is C27H25FN8O2S. The van der Waals surface area contributed by atoms with E-state index in [-0.39, 0.29) is 47.3 Å². The van der Waals surface area contributed by atoms with Gasteiger partial charge in [-0.05, 0) is 43.7 Å². The molecule has 6 rings (SSSR count). The van der Waals surface area contributed by atoms with E-state index in [1.807, 2.05) is 44.2 Å². The molecule has 0 radical (unpaired) electrons. The molecule has 0 unspecified atom stereocenters. The summed E-state index contributed by atoms with van der Waals surface area (Å²) in [4.78, 5) is 38.0. The molecule has 1 amide bonds. The molecular weight excluding hydrogens is 519 g/mol. The maximum atomic E-state index is 14.7. The van der Waals surface area contributed by atoms with Gasteiger partial charge in [0.05, 0.1) is 27.4 Å². The molecule has 4 heterocycles. The van der Waals surface area contributed by atoms with Crippen LogP contribution in [0, 0.1) is 0 Å². The van der Waals surface area contributed by atoms with Crippen LogP contribution in [0.15, 0.2) is 35.4 Å². The third-order valence-corrected chi connectivity index (χ3v) is 7.62. The first kappa shape index (κ1) is 24.9. The molecule has 5 aromatic rings. The van der Waals surface area contributed by atoms with Gasteiger partial charge in [0.1, 0.15) is 23.7 Å². The Morgan fingerprint density at radius 3 is 2.85 bits per heavy atom. The van der Waals surface area contributed by atoms with Crippen LogP contribution in [0.1, 0.15) is 45.3 Å². The SMILES string of the molecule is CC(=O)Nc1nc2ccc(-c3nn(Cc4cc5c(c(=O)n4C(C)C)=C(F)CCC=5)c4ncnc(N)c34)cc2s1. The number of nitrogens with two attached hydrogens (primary N) is 1. The number of hydrogen-bond acceptors (Lipinski definition) is 8. The number of nitrogen functional groups attached to an aromatic ring is 1. The molecule has 198 valence electrons. The zero-order chi connectivity index (χ0) is 27.4. The molecule has 0 spiro atoms. The number of benzene rings is 1. The van der Waals surface area contributed by atoms with E-state index in [0.717, 1.165) is 15.8 Å². The van der Waals surface area contributed by atoms with Crippen LogP contribution in [0.3, 0.4) is 0 Å². The first-order chi connectivity index (χ1) is 18.7. The van der Waals surface area contributed by atoms with Crippen LogP contribution in [0.5, 0.6) is 0 Å². The molecule has 4 aromatic heterocycles. The van der Waals surface area contributed by atoms with Crippen molar-refractivity contribution in [2.45, 2.75) is 46.2 Å². The third-order valence-electron chi connectivity index (χ3n) is 6.68. The maximum absolute atomic E-state index is 14.7. The number of aromatic nitrogens is 6. The molecule has 3 N–H and O–H groups in total. The lowest BCUT2D eigenvalue weighted by atomic mass is 10.1. The molecule has 0 saturated heterocycles. The molecule has 1 aliphatic rings. The van der Waals surface area contributed by atoms with E-state index in [4.69, 9.17) is 10.8 Å². The van der Waals surface area contributed by atoms with Crippen LogP contribution in [0.4, 0.5) is 15.3 Å². The van der Waals surface area contributed by atoms with Crippen LogP contribution >= 0.6 is 11.3 Å². The van der Waals surface area contributed by atoms with Gasteiger partial charge in [-0.2, -0.15) is 5.10 Å². The van der Waals surface area contributed by atoms with Gasteiger partial charge < -0.3 is 15.6 Å². The van der Waals surface area contributed by atoms with Gasteiger partial charge >= 0.3 is 0 Å². The van der Waals surface area contributed by atoms with Crippen molar-refractivity contribution in [3.8, 4) is 11.3 Å². The highest BCUT2D eigenvalue weighted by Gasteiger charge is 2.21. The second-order valence-electron chi connectivity index (χ2n) is 9.73. The topological polar surface area (TPSA) is 134 Å². The Morgan fingerprint density at radius 2 is 2.08 bits per heavy atom. The predicted octanol–water partition coefficient (Wildman–Crippen LogP) is 3.09. The molecule has 12 heteroatoms. The fourth-order valence-electron chi connectivity index (χ4n) is 5.07. The summed E-state index contributed by atoms with van der Waals surface area (Å²) in [6.45, 7) is 5.45. The number of fused-ring (bicyclic) bond motifs is 3. The van der Waals surface area contributed by atoms with Crippen LogP contribution < -0.4 is 27.0 Å². The van der Waals surface area contributed by atoms with Crippen molar-refractivity contribution in [2.75, 3.05) is 11.1 Å². The second-order valence-corrected chi connectivity index (χ2v) is 10.8. The van der Waals surface area contributed by atoms with Crippen LogP contribution in [-0.2, 0) is 11.3 Å². The number of hydrogen-bond donors (Lipinski definition) is 2. The molecule has 1 aliphatic carbocycles. The van der Waals surface area contributed by atoms with Gasteiger partial charge in [0.15, 0.2) is 10.8 Å². The molecule has 0 bridgehead atoms. The molecule has 0 fully saturated rings. The number of carbonyl (C=O) groups is 1. The van der Waals surface area contributed by atoms with E-state index < -0.39 is 0 Å². The fraction of sp³-hybridized carbons (Fsp3) is 0.259. The summed E-state index contributed by atoms with van der Waals surface area (Å²) >= 11 is 1.36. The summed E-state index contributed by atoms with van der Waals surface area (Å²) < 4.78 is 18.8. The Labute approximate surface area is 225 Å². The van der Waals surface area contributed by atoms with Crippen molar-refractivity contribution in [3.63, 3.8) is 0 Å². The Bertz CT molecular complexity index is 1990. The van der Waals surface area contributed by atoms with E-state index in [1.165, 1.54) is 24.6 Å². The zero-order valence-corrected chi connectivity index (χ0v) is 22.3. The average Bonchev–Trinajstić information content (AvgIpc) is 3.44. The number of pyridine rings is 1. The number of nitrogens with zero attached hydrogens (tertiary/aromatic N) is 6. The van der Waals surface area contributed by atoms with Crippen molar-refractivity contribution < 1.29 is 9.18 Å². The minimum Gasteiger partial charge on any atom is -0.383 e. The quantitative estimate of drug-likeness (QED) is 0.347. The maximum Gasteiger partial charge on any atom is 0.261 e. The molecule has 0 saturated carbocycles. The van der Waals surface area contributed by atoms with Gasteiger partial charge in [-0.15, -0.1) is 0 Å². The first-order valence-electron chi connectivity index (χ1n) is 12.5. The monoisotopic (exact) mass is 544 g/mol. The second kappa shape index (κ2) is 9.38. The van der Waals surface area contributed by atoms with Crippen molar-refractivity contribution >= 4 is 61.3 Å². The van der Waals surface area contributed by atoms with Gasteiger partial charge in [0.25, 0.3) is 5.56 Å². The lowest BCUT2D eigenvalue weighted by Crippen LogP contribution is -2.48. The summed E-state index contributed by atoms with van der Waals surface area (Å²) in [6.07, 6.45) is 4.07. The fourth-order valence-corrected chi connectivity index (χ4v) is 6.02. The number of amides is 1. The molecule has 1 aromatic carbocycles. The lowest BCUT2D eigenvalue weighted by Gasteiger charge is -2.18. The highest BCUT2D eigenvalue weighted by atomic mass is 32.1. The van der Waals surface area contributed by atoms with E-state index in [9.17, 15) is 14.0 Å². The Morgan fingerprint density at radius 1 is 1.26 bits per heavy atom. The van der Waals surface area contributed by atoms with Gasteiger partial charge in [0, 0.05) is 30.6 Å². The number of nitrogens with one attached hydrogen (secondary N) is 1. The minimum absolute atomic E-state index is 0.146. The van der Waals surface area contributed by atoms with E-state index in [1.54, 1.807) is 9.25 Å². The van der Waals surface area contributed by atoms with Crippen LogP contribution in [0.25, 0.3) is 44.4 Å². The van der Waals surface area contributed by atoms with Crippen molar-refractivity contribution in [3.05, 3.63) is 57.1 Å². The van der Waals surface area contributed by atoms with Crippen molar-refractivity contribution in [1.82, 2.24) is 29.3 Å². The van der Waals surface area contributed by atoms with Gasteiger partial charge in [-0.25, -0.2) is 24.0 Å². The first-order valence-corrected chi connectivity index (χ1v) is 13.3. The number of anilines is 2. The van der Waals surface area contributed by atoms with Crippen LogP contribution in [-0.4, -0.2) is 35.2 Å². The predicted molar refractivity (Wildman–Crippen MR) is 150 cm³/mol.